The average molecular weight is 682 g/mol. The van der Waals surface area contributed by atoms with E-state index in [9.17, 15) is 29.1 Å². The normalized spacial score (nSPS) is 15.1. The van der Waals surface area contributed by atoms with Crippen molar-refractivity contribution in [2.24, 2.45) is 11.3 Å². The Kier molecular flexibility index (Phi) is 14.3. The van der Waals surface area contributed by atoms with E-state index < -0.39 is 59.3 Å². The van der Waals surface area contributed by atoms with Crippen molar-refractivity contribution in [3.05, 3.63) is 46.0 Å². The first kappa shape index (κ1) is 38.8. The molecule has 1 rings (SSSR count). The lowest BCUT2D eigenvalue weighted by Crippen LogP contribution is -2.61. The van der Waals surface area contributed by atoms with Gasteiger partial charge in [0, 0.05) is 28.9 Å². The van der Waals surface area contributed by atoms with Gasteiger partial charge in [0.05, 0.1) is 12.1 Å². The van der Waals surface area contributed by atoms with Crippen molar-refractivity contribution in [2.45, 2.75) is 97.8 Å². The second-order valence-corrected chi connectivity index (χ2v) is 14.0. The second kappa shape index (κ2) is 16.2. The minimum absolute atomic E-state index is 0.147. The number of nitrogens with one attached hydrogen (secondary N) is 3. The maximum absolute atomic E-state index is 14.0. The van der Waals surface area contributed by atoms with Gasteiger partial charge in [-0.1, -0.05) is 82.6 Å². The molecule has 1 aromatic rings. The van der Waals surface area contributed by atoms with E-state index in [-0.39, 0.29) is 29.7 Å². The molecule has 0 aromatic heterocycles. The molecule has 12 heteroatoms. The molecule has 0 heterocycles. The van der Waals surface area contributed by atoms with Gasteiger partial charge in [0.15, 0.2) is 0 Å². The number of hydrogen-bond donors (Lipinski definition) is 5. The molecular weight excluding hydrogens is 632 g/mol. The van der Waals surface area contributed by atoms with E-state index in [4.69, 9.17) is 5.11 Å². The molecule has 0 saturated heterocycles. The van der Waals surface area contributed by atoms with Crippen molar-refractivity contribution in [2.75, 3.05) is 14.1 Å². The molecule has 4 atom stereocenters. The zero-order valence-corrected chi connectivity index (χ0v) is 29.0. The zero-order chi connectivity index (χ0) is 34.2. The lowest BCUT2D eigenvalue weighted by atomic mass is 9.76. The number of carbonyl (C=O) groups excluding carboxylic acids is 3. The van der Waals surface area contributed by atoms with Crippen LogP contribution in [0, 0.1) is 11.3 Å². The lowest BCUT2D eigenvalue weighted by Gasteiger charge is -2.40. The summed E-state index contributed by atoms with van der Waals surface area (Å²) in [6, 6.07) is 4.19. The van der Waals surface area contributed by atoms with E-state index in [1.807, 2.05) is 72.7 Å². The number of benzene rings is 1. The number of aliphatic carboxylic acids is 2. The highest BCUT2D eigenvalue weighted by atomic mass is 79.9. The Labute approximate surface area is 269 Å². The van der Waals surface area contributed by atoms with Crippen molar-refractivity contribution in [3.8, 4) is 0 Å². The van der Waals surface area contributed by atoms with E-state index in [0.29, 0.717) is 0 Å². The van der Waals surface area contributed by atoms with Crippen molar-refractivity contribution in [1.29, 1.82) is 0 Å². The monoisotopic (exact) mass is 680 g/mol. The van der Waals surface area contributed by atoms with Crippen molar-refractivity contribution >= 4 is 45.6 Å². The topological polar surface area (TPSA) is 165 Å². The number of halogens is 1. The van der Waals surface area contributed by atoms with Crippen molar-refractivity contribution < 1.29 is 34.2 Å². The second-order valence-electron chi connectivity index (χ2n) is 13.1. The van der Waals surface area contributed by atoms with Crippen molar-refractivity contribution in [3.63, 3.8) is 0 Å². The van der Waals surface area contributed by atoms with E-state index in [1.54, 1.807) is 20.2 Å². The summed E-state index contributed by atoms with van der Waals surface area (Å²) in [5, 5.41) is 26.8. The van der Waals surface area contributed by atoms with E-state index in [1.165, 1.54) is 11.8 Å². The number of rotatable bonds is 15. The van der Waals surface area contributed by atoms with Gasteiger partial charge in [-0.25, -0.2) is 4.79 Å². The predicted octanol–water partition coefficient (Wildman–Crippen LogP) is 3.71. The highest BCUT2D eigenvalue weighted by Crippen LogP contribution is 2.30. The molecule has 0 radical (unpaired) electrons. The fraction of sp³-hybridized carbons (Fsp3) is 0.594. The standard InChI is InChI=1S/C32H49BrN4O7/c1-18(2)23(16-19(3)27(40)35-22(30(43)44)14-15-24(38)39)37(10)29(42)26(31(4,5)6)36-28(41)25(34-9)32(7,8)20-12-11-13-21(33)17-20/h11-13,16-18,22-23,25-26,34H,14-15H2,1-10H3,(H,35,40)(H,36,41)(H,38,39)(H,43,44)/b19-16+/t22-,23-,25-,26?/m1/s1. The van der Waals surface area contributed by atoms with Crippen LogP contribution in [0.25, 0.3) is 0 Å². The molecule has 246 valence electrons. The SMILES string of the molecule is CN[C@H](C(=O)NC(C(=O)N(C)[C@H](/C=C(\C)C(=O)N[C@H](CCC(=O)O)C(=O)O)C(C)C)C(C)(C)C)C(C)(C)c1cccc(Br)c1. The Bertz CT molecular complexity index is 1240. The lowest BCUT2D eigenvalue weighted by molar-refractivity contribution is -0.142. The van der Waals surface area contributed by atoms with Crippen LogP contribution in [0.3, 0.4) is 0 Å². The quantitative estimate of drug-likeness (QED) is 0.175. The molecule has 3 amide bonds. The number of likely N-dealkylation sites (N-methyl/N-ethyl adjacent to an activating group) is 2. The van der Waals surface area contributed by atoms with Crippen LogP contribution >= 0.6 is 15.9 Å². The summed E-state index contributed by atoms with van der Waals surface area (Å²) in [6.07, 6.45) is 0.900. The zero-order valence-electron chi connectivity index (χ0n) is 27.4. The van der Waals surface area contributed by atoms with E-state index in [2.05, 4.69) is 31.9 Å². The van der Waals surface area contributed by atoms with Gasteiger partial charge in [-0.15, -0.1) is 0 Å². The summed E-state index contributed by atoms with van der Waals surface area (Å²) in [6.45, 7) is 14.8. The van der Waals surface area contributed by atoms with Crippen molar-refractivity contribution in [1.82, 2.24) is 20.9 Å². The largest absolute Gasteiger partial charge is 0.481 e. The summed E-state index contributed by atoms with van der Waals surface area (Å²) < 4.78 is 0.887. The molecule has 0 aliphatic carbocycles. The molecule has 0 aliphatic rings. The number of nitrogens with zero attached hydrogens (tertiary/aromatic N) is 1. The third-order valence-corrected chi connectivity index (χ3v) is 8.24. The molecule has 0 aliphatic heterocycles. The Hall–Kier alpha value is -3.25. The van der Waals surface area contributed by atoms with Crippen LogP contribution in [0.1, 0.15) is 73.8 Å². The van der Waals surface area contributed by atoms with Crippen LogP contribution in [-0.2, 0) is 29.4 Å². The van der Waals surface area contributed by atoms with Gasteiger partial charge in [0.2, 0.25) is 17.7 Å². The summed E-state index contributed by atoms with van der Waals surface area (Å²) in [5.41, 5.74) is -0.196. The highest BCUT2D eigenvalue weighted by molar-refractivity contribution is 9.10. The molecular formula is C32H49BrN4O7. The van der Waals surface area contributed by atoms with Gasteiger partial charge >= 0.3 is 11.9 Å². The van der Waals surface area contributed by atoms with Gasteiger partial charge in [0.25, 0.3) is 0 Å². The summed E-state index contributed by atoms with van der Waals surface area (Å²) in [4.78, 5) is 64.6. The molecule has 0 fully saturated rings. The molecule has 0 bridgehead atoms. The molecule has 11 nitrogen and oxygen atoms in total. The third kappa shape index (κ3) is 10.7. The number of carbonyl (C=O) groups is 5. The minimum atomic E-state index is -1.37. The summed E-state index contributed by atoms with van der Waals surface area (Å²) >= 11 is 3.50. The van der Waals surface area contributed by atoms with Gasteiger partial charge in [0.1, 0.15) is 12.1 Å². The molecule has 0 spiro atoms. The van der Waals surface area contributed by atoms with Gasteiger partial charge in [-0.2, -0.15) is 0 Å². The van der Waals surface area contributed by atoms with Crippen LogP contribution in [0.4, 0.5) is 0 Å². The molecule has 1 aromatic carbocycles. The van der Waals surface area contributed by atoms with Crippen LogP contribution in [0.15, 0.2) is 40.4 Å². The van der Waals surface area contributed by atoms with Crippen LogP contribution in [0.5, 0.6) is 0 Å². The Balaban J connectivity index is 3.30. The Morgan fingerprint density at radius 2 is 1.59 bits per heavy atom. The van der Waals surface area contributed by atoms with Gasteiger partial charge in [-0.05, 0) is 49.4 Å². The first-order valence-electron chi connectivity index (χ1n) is 14.6. The molecule has 0 saturated carbocycles. The van der Waals surface area contributed by atoms with E-state index >= 15 is 0 Å². The van der Waals surface area contributed by atoms with E-state index in [0.717, 1.165) is 10.0 Å². The number of hydrogen-bond acceptors (Lipinski definition) is 6. The molecule has 1 unspecified atom stereocenters. The summed E-state index contributed by atoms with van der Waals surface area (Å²) in [7, 11) is 3.31. The first-order chi connectivity index (χ1) is 20.1. The number of carboxylic acid groups (broad SMARTS) is 2. The van der Waals surface area contributed by atoms with Crippen LogP contribution in [-0.4, -0.2) is 83.0 Å². The van der Waals surface area contributed by atoms with Crippen LogP contribution < -0.4 is 16.0 Å². The highest BCUT2D eigenvalue weighted by Gasteiger charge is 2.41. The fourth-order valence-electron chi connectivity index (χ4n) is 4.98. The minimum Gasteiger partial charge on any atom is -0.481 e. The Morgan fingerprint density at radius 1 is 1.00 bits per heavy atom. The molecule has 44 heavy (non-hydrogen) atoms. The average Bonchev–Trinajstić information content (AvgIpc) is 2.90. The maximum Gasteiger partial charge on any atom is 0.326 e. The first-order valence-corrected chi connectivity index (χ1v) is 15.4. The van der Waals surface area contributed by atoms with Gasteiger partial charge in [-0.3, -0.25) is 19.2 Å². The maximum atomic E-state index is 14.0. The molecule has 5 N–H and O–H groups in total. The smallest absolute Gasteiger partial charge is 0.326 e. The number of carboxylic acids is 2. The Morgan fingerprint density at radius 3 is 2.05 bits per heavy atom. The third-order valence-electron chi connectivity index (χ3n) is 7.75. The van der Waals surface area contributed by atoms with Crippen LogP contribution in [0.2, 0.25) is 0 Å². The van der Waals surface area contributed by atoms with Gasteiger partial charge < -0.3 is 31.1 Å². The summed E-state index contributed by atoms with van der Waals surface area (Å²) in [5.74, 6) is -4.03. The predicted molar refractivity (Wildman–Crippen MR) is 173 cm³/mol. The fourth-order valence-corrected chi connectivity index (χ4v) is 5.38. The number of amides is 3.